The van der Waals surface area contributed by atoms with Crippen LogP contribution in [0.1, 0.15) is 47.1 Å². The maximum atomic E-state index is 10.3. The summed E-state index contributed by atoms with van der Waals surface area (Å²) in [7, 11) is -1.87. The molecular formula is C27H36N2OSi. The third-order valence-corrected chi connectivity index (χ3v) is 14.1. The summed E-state index contributed by atoms with van der Waals surface area (Å²) in [6, 6.07) is 14.5. The van der Waals surface area contributed by atoms with Gasteiger partial charge >= 0.3 is 0 Å². The van der Waals surface area contributed by atoms with Crippen LogP contribution in [-0.4, -0.2) is 22.1 Å². The summed E-state index contributed by atoms with van der Waals surface area (Å²) in [4.78, 5) is 0. The van der Waals surface area contributed by atoms with E-state index in [9.17, 15) is 5.11 Å². The van der Waals surface area contributed by atoms with Crippen LogP contribution >= 0.6 is 0 Å². The first-order valence-electron chi connectivity index (χ1n) is 11.6. The summed E-state index contributed by atoms with van der Waals surface area (Å²) in [5, 5.41) is 14.0. The van der Waals surface area contributed by atoms with Gasteiger partial charge in [-0.2, -0.15) is 0 Å². The maximum absolute atomic E-state index is 10.3. The lowest BCUT2D eigenvalue weighted by molar-refractivity contribution is 0.476. The summed E-state index contributed by atoms with van der Waals surface area (Å²) in [6.45, 7) is 15.4. The summed E-state index contributed by atoms with van der Waals surface area (Å²) in [5.41, 5.74) is 4.49. The fourth-order valence-electron chi connectivity index (χ4n) is 6.16. The van der Waals surface area contributed by atoms with Crippen LogP contribution in [0, 0.1) is 0 Å². The van der Waals surface area contributed by atoms with Crippen molar-refractivity contribution in [3.63, 3.8) is 0 Å². The van der Waals surface area contributed by atoms with Crippen molar-refractivity contribution < 1.29 is 5.11 Å². The van der Waals surface area contributed by atoms with Gasteiger partial charge in [-0.25, -0.2) is 0 Å². The lowest BCUT2D eigenvalue weighted by atomic mass is 10.1. The highest BCUT2D eigenvalue weighted by molar-refractivity contribution is 6.82. The second kappa shape index (κ2) is 8.23. The van der Waals surface area contributed by atoms with Gasteiger partial charge in [0.05, 0.1) is 0 Å². The van der Waals surface area contributed by atoms with Crippen molar-refractivity contribution in [2.75, 3.05) is 0 Å². The quantitative estimate of drug-likeness (QED) is 0.300. The molecule has 0 bridgehead atoms. The second-order valence-corrected chi connectivity index (χ2v) is 15.7. The van der Waals surface area contributed by atoms with Crippen LogP contribution in [0.15, 0.2) is 61.1 Å². The second-order valence-electron chi connectivity index (χ2n) is 9.95. The Bertz CT molecular complexity index is 1140. The molecule has 2 heterocycles. The van der Waals surface area contributed by atoms with E-state index in [4.69, 9.17) is 0 Å². The molecule has 4 heteroatoms. The Morgan fingerprint density at radius 3 is 1.94 bits per heavy atom. The lowest BCUT2D eigenvalue weighted by Gasteiger charge is -2.44. The minimum Gasteiger partial charge on any atom is -0.508 e. The van der Waals surface area contributed by atoms with Gasteiger partial charge in [-0.05, 0) is 63.8 Å². The van der Waals surface area contributed by atoms with Crippen LogP contribution in [0.25, 0.3) is 21.7 Å². The van der Waals surface area contributed by atoms with Gasteiger partial charge in [-0.15, -0.1) is 0 Å². The normalized spacial score (nSPS) is 12.8. The van der Waals surface area contributed by atoms with Crippen molar-refractivity contribution in [1.29, 1.82) is 0 Å². The first-order valence-corrected chi connectivity index (χ1v) is 13.8. The molecule has 164 valence electrons. The molecule has 0 aliphatic heterocycles. The van der Waals surface area contributed by atoms with Crippen LogP contribution < -0.4 is 0 Å². The van der Waals surface area contributed by atoms with E-state index in [0.717, 1.165) is 13.0 Å². The molecule has 0 atom stereocenters. The largest absolute Gasteiger partial charge is 0.508 e. The summed E-state index contributed by atoms with van der Waals surface area (Å²) >= 11 is 0. The van der Waals surface area contributed by atoms with Crippen molar-refractivity contribution >= 4 is 29.9 Å². The number of aryl methyl sites for hydroxylation is 2. The number of aromatic nitrogens is 2. The Hall–Kier alpha value is -2.46. The van der Waals surface area contributed by atoms with Crippen LogP contribution in [0.3, 0.4) is 0 Å². The minimum absolute atomic E-state index is 0.351. The zero-order chi connectivity index (χ0) is 22.3. The number of rotatable bonds is 7. The summed E-state index contributed by atoms with van der Waals surface area (Å²) in [5.74, 6) is 0.351. The van der Waals surface area contributed by atoms with Gasteiger partial charge in [0.2, 0.25) is 0 Å². The Morgan fingerprint density at radius 1 is 0.806 bits per heavy atom. The van der Waals surface area contributed by atoms with Crippen molar-refractivity contribution in [2.24, 2.45) is 0 Å². The van der Waals surface area contributed by atoms with E-state index in [-0.39, 0.29) is 0 Å². The van der Waals surface area contributed by atoms with Crippen molar-refractivity contribution in [3.8, 4) is 5.75 Å². The third-order valence-electron chi connectivity index (χ3n) is 7.31. The zero-order valence-corrected chi connectivity index (χ0v) is 20.8. The molecule has 0 saturated carbocycles. The van der Waals surface area contributed by atoms with Crippen LogP contribution in [0.4, 0.5) is 0 Å². The van der Waals surface area contributed by atoms with Gasteiger partial charge in [-0.3, -0.25) is 0 Å². The SMILES string of the molecule is CC(C)[Si](C(C)C)(C(C)C)n1cc(CCn2cc3ccccc3c2)c2cc(O)ccc21. The minimum atomic E-state index is -1.87. The van der Waals surface area contributed by atoms with E-state index < -0.39 is 8.24 Å². The van der Waals surface area contributed by atoms with E-state index in [1.165, 1.54) is 27.2 Å². The number of benzene rings is 2. The van der Waals surface area contributed by atoms with Crippen LogP contribution in [0.2, 0.25) is 16.6 Å². The highest BCUT2D eigenvalue weighted by Crippen LogP contribution is 2.45. The predicted molar refractivity (Wildman–Crippen MR) is 136 cm³/mol. The van der Waals surface area contributed by atoms with Gasteiger partial charge < -0.3 is 13.9 Å². The van der Waals surface area contributed by atoms with Gasteiger partial charge in [0.15, 0.2) is 8.24 Å². The molecule has 0 spiro atoms. The van der Waals surface area contributed by atoms with E-state index in [1.807, 2.05) is 12.1 Å². The van der Waals surface area contributed by atoms with Gasteiger partial charge in [-0.1, -0.05) is 65.8 Å². The summed E-state index contributed by atoms with van der Waals surface area (Å²) in [6.07, 6.45) is 7.86. The molecule has 2 aromatic heterocycles. The van der Waals surface area contributed by atoms with Crippen LogP contribution in [-0.2, 0) is 13.0 Å². The van der Waals surface area contributed by atoms with E-state index in [1.54, 1.807) is 0 Å². The van der Waals surface area contributed by atoms with Crippen molar-refractivity contribution in [1.82, 2.24) is 8.80 Å². The predicted octanol–water partition coefficient (Wildman–Crippen LogP) is 7.57. The van der Waals surface area contributed by atoms with E-state index >= 15 is 0 Å². The molecule has 2 aromatic carbocycles. The average Bonchev–Trinajstić information content (AvgIpc) is 3.27. The fraction of sp³-hybridized carbons (Fsp3) is 0.407. The number of nitrogens with zero attached hydrogens (tertiary/aromatic N) is 2. The van der Waals surface area contributed by atoms with E-state index in [0.29, 0.717) is 22.4 Å². The molecule has 0 radical (unpaired) electrons. The molecule has 31 heavy (non-hydrogen) atoms. The average molecular weight is 433 g/mol. The molecule has 4 aromatic rings. The first kappa shape index (κ1) is 21.8. The molecule has 0 aliphatic carbocycles. The molecule has 0 saturated heterocycles. The molecule has 0 aliphatic rings. The summed E-state index contributed by atoms with van der Waals surface area (Å²) < 4.78 is 4.97. The molecule has 0 fully saturated rings. The van der Waals surface area contributed by atoms with Gasteiger partial charge in [0.25, 0.3) is 0 Å². The standard InChI is InChI=1S/C27H36N2OSi/c1-19(2)31(20(3)4,21(5)6)29-18-24(26-15-25(30)11-12-27(26)29)13-14-28-16-22-9-7-8-10-23(22)17-28/h7-12,15-21,30H,13-14H2,1-6H3. The molecular weight excluding hydrogens is 396 g/mol. The third kappa shape index (κ3) is 3.61. The van der Waals surface area contributed by atoms with Gasteiger partial charge in [0.1, 0.15) is 5.75 Å². The molecule has 3 nitrogen and oxygen atoms in total. The smallest absolute Gasteiger partial charge is 0.169 e. The van der Waals surface area contributed by atoms with Crippen LogP contribution in [0.5, 0.6) is 5.75 Å². The topological polar surface area (TPSA) is 30.1 Å². The lowest BCUT2D eigenvalue weighted by Crippen LogP contribution is -2.51. The number of hydrogen-bond acceptors (Lipinski definition) is 1. The number of fused-ring (bicyclic) bond motifs is 2. The Kier molecular flexibility index (Phi) is 5.78. The van der Waals surface area contributed by atoms with Crippen molar-refractivity contribution in [2.45, 2.75) is 71.1 Å². The van der Waals surface area contributed by atoms with Gasteiger partial charge in [0, 0.05) is 29.8 Å². The number of phenols is 1. The monoisotopic (exact) mass is 432 g/mol. The van der Waals surface area contributed by atoms with Crippen molar-refractivity contribution in [3.05, 3.63) is 66.6 Å². The molecule has 0 unspecified atom stereocenters. The highest BCUT2D eigenvalue weighted by Gasteiger charge is 2.46. The Balaban J connectivity index is 1.80. The Morgan fingerprint density at radius 2 is 1.39 bits per heavy atom. The number of phenolic OH excluding ortho intramolecular Hbond substituents is 1. The number of aromatic hydroxyl groups is 1. The molecule has 0 amide bonds. The van der Waals surface area contributed by atoms with E-state index in [2.05, 4.69) is 99.3 Å². The molecule has 4 rings (SSSR count). The highest BCUT2D eigenvalue weighted by atomic mass is 28.3. The fourth-order valence-corrected chi connectivity index (χ4v) is 12.8. The zero-order valence-electron chi connectivity index (χ0n) is 19.8. The first-order chi connectivity index (χ1) is 14.7. The number of hydrogen-bond donors (Lipinski definition) is 1. The maximum Gasteiger partial charge on any atom is 0.169 e. The Labute approximate surface area is 187 Å². The molecule has 1 N–H and O–H groups in total.